The summed E-state index contributed by atoms with van der Waals surface area (Å²) in [6, 6.07) is 6.39. The summed E-state index contributed by atoms with van der Waals surface area (Å²) in [7, 11) is 0. The van der Waals surface area contributed by atoms with Crippen molar-refractivity contribution in [3.8, 4) is 5.19 Å². The maximum atomic E-state index is 13.2. The Bertz CT molecular complexity index is 1000. The van der Waals surface area contributed by atoms with E-state index in [0.29, 0.717) is 11.7 Å². The fourth-order valence-corrected chi connectivity index (χ4v) is 5.28. The lowest BCUT2D eigenvalue weighted by Gasteiger charge is -2.41. The van der Waals surface area contributed by atoms with Gasteiger partial charge in [0.05, 0.1) is 5.69 Å². The first-order valence-electron chi connectivity index (χ1n) is 10.7. The Morgan fingerprint density at radius 1 is 1.13 bits per heavy atom. The molecule has 30 heavy (non-hydrogen) atoms. The van der Waals surface area contributed by atoms with Crippen LogP contribution in [0.2, 0.25) is 0 Å². The highest BCUT2D eigenvalue weighted by Crippen LogP contribution is 2.25. The zero-order chi connectivity index (χ0) is 20.5. The van der Waals surface area contributed by atoms with Crippen LogP contribution in [0, 0.1) is 6.92 Å². The Hall–Kier alpha value is -2.45. The standard InChI is InChI=1S/C22H27N5O2S/c1-16-20(27-10-3-2-4-19(27)24-16)21(28)26-11-5-17(6-12-26)25-13-7-18(8-14-25)29-22-23-9-15-30-22/h2-4,9-10,15,17-18H,5-8,11-14H2,1H3. The Balaban J connectivity index is 1.16. The van der Waals surface area contributed by atoms with Crippen molar-refractivity contribution in [2.75, 3.05) is 26.2 Å². The molecule has 8 heteroatoms. The van der Waals surface area contributed by atoms with E-state index in [-0.39, 0.29) is 12.0 Å². The quantitative estimate of drug-likeness (QED) is 0.642. The number of pyridine rings is 1. The average Bonchev–Trinajstić information content (AvgIpc) is 3.40. The van der Waals surface area contributed by atoms with Gasteiger partial charge in [0.25, 0.3) is 11.1 Å². The highest BCUT2D eigenvalue weighted by atomic mass is 32.1. The highest BCUT2D eigenvalue weighted by Gasteiger charge is 2.32. The van der Waals surface area contributed by atoms with Gasteiger partial charge in [0.1, 0.15) is 17.4 Å². The van der Waals surface area contributed by atoms with Crippen LogP contribution in [0.4, 0.5) is 0 Å². The van der Waals surface area contributed by atoms with E-state index in [9.17, 15) is 4.79 Å². The third-order valence-corrected chi connectivity index (χ3v) is 6.99. The topological polar surface area (TPSA) is 63.0 Å². The van der Waals surface area contributed by atoms with Crippen LogP contribution in [0.1, 0.15) is 41.9 Å². The Morgan fingerprint density at radius 3 is 2.67 bits per heavy atom. The van der Waals surface area contributed by atoms with Gasteiger partial charge in [-0.1, -0.05) is 17.4 Å². The number of carbonyl (C=O) groups excluding carboxylic acids is 1. The van der Waals surface area contributed by atoms with Gasteiger partial charge < -0.3 is 9.64 Å². The van der Waals surface area contributed by atoms with E-state index in [1.165, 1.54) is 0 Å². The molecule has 3 aromatic heterocycles. The second-order valence-electron chi connectivity index (χ2n) is 8.15. The van der Waals surface area contributed by atoms with Crippen molar-refractivity contribution >= 4 is 22.9 Å². The first-order chi connectivity index (χ1) is 14.7. The zero-order valence-corrected chi connectivity index (χ0v) is 18.1. The largest absolute Gasteiger partial charge is 0.467 e. The van der Waals surface area contributed by atoms with E-state index in [0.717, 1.165) is 68.4 Å². The minimum absolute atomic E-state index is 0.0974. The fraction of sp³-hybridized carbons (Fsp3) is 0.500. The van der Waals surface area contributed by atoms with Crippen LogP contribution >= 0.6 is 11.3 Å². The van der Waals surface area contributed by atoms with Crippen LogP contribution in [0.5, 0.6) is 5.19 Å². The van der Waals surface area contributed by atoms with Crippen LogP contribution in [-0.4, -0.2) is 68.4 Å². The number of carbonyl (C=O) groups is 1. The van der Waals surface area contributed by atoms with E-state index in [1.54, 1.807) is 17.5 Å². The Kier molecular flexibility index (Phi) is 5.43. The van der Waals surface area contributed by atoms with Gasteiger partial charge in [-0.3, -0.25) is 14.1 Å². The summed E-state index contributed by atoms with van der Waals surface area (Å²) in [6.07, 6.45) is 8.12. The molecule has 2 aliphatic rings. The number of hydrogen-bond donors (Lipinski definition) is 0. The number of piperidine rings is 2. The van der Waals surface area contributed by atoms with Crippen molar-refractivity contribution in [1.82, 2.24) is 24.2 Å². The van der Waals surface area contributed by atoms with Crippen molar-refractivity contribution < 1.29 is 9.53 Å². The monoisotopic (exact) mass is 425 g/mol. The third kappa shape index (κ3) is 3.81. The summed E-state index contributed by atoms with van der Waals surface area (Å²) in [5.41, 5.74) is 2.33. The molecule has 5 rings (SSSR count). The minimum atomic E-state index is 0.0974. The second kappa shape index (κ2) is 8.35. The SMILES string of the molecule is Cc1nc2ccccn2c1C(=O)N1CCC(N2CCC(Oc3nccs3)CC2)CC1. The average molecular weight is 426 g/mol. The number of amides is 1. The van der Waals surface area contributed by atoms with Crippen molar-refractivity contribution in [1.29, 1.82) is 0 Å². The molecule has 158 valence electrons. The maximum absolute atomic E-state index is 13.2. The molecular weight excluding hydrogens is 398 g/mol. The number of likely N-dealkylation sites (tertiary alicyclic amines) is 2. The molecule has 0 spiro atoms. The predicted octanol–water partition coefficient (Wildman–Crippen LogP) is 3.25. The lowest BCUT2D eigenvalue weighted by Crippen LogP contribution is -2.50. The van der Waals surface area contributed by atoms with Crippen molar-refractivity contribution in [3.05, 3.63) is 47.4 Å². The number of nitrogens with zero attached hydrogens (tertiary/aromatic N) is 5. The molecule has 0 unspecified atom stereocenters. The van der Waals surface area contributed by atoms with Crippen LogP contribution in [0.25, 0.3) is 5.65 Å². The summed E-state index contributed by atoms with van der Waals surface area (Å²) >= 11 is 1.56. The molecule has 0 aliphatic carbocycles. The van der Waals surface area contributed by atoms with E-state index >= 15 is 0 Å². The number of ether oxygens (including phenoxy) is 1. The number of aryl methyl sites for hydroxylation is 1. The summed E-state index contributed by atoms with van der Waals surface area (Å²) < 4.78 is 7.90. The molecule has 1 amide bonds. The summed E-state index contributed by atoms with van der Waals surface area (Å²) in [6.45, 7) is 5.64. The molecule has 2 fully saturated rings. The van der Waals surface area contributed by atoms with Crippen LogP contribution in [0.15, 0.2) is 36.0 Å². The number of aromatic nitrogens is 3. The van der Waals surface area contributed by atoms with Gasteiger partial charge in [-0.25, -0.2) is 9.97 Å². The summed E-state index contributed by atoms with van der Waals surface area (Å²) in [4.78, 5) is 26.6. The van der Waals surface area contributed by atoms with E-state index in [4.69, 9.17) is 4.74 Å². The van der Waals surface area contributed by atoms with Crippen molar-refractivity contribution in [3.63, 3.8) is 0 Å². The van der Waals surface area contributed by atoms with Gasteiger partial charge >= 0.3 is 0 Å². The Labute approximate surface area is 180 Å². The lowest BCUT2D eigenvalue weighted by atomic mass is 9.98. The molecule has 3 aromatic rings. The van der Waals surface area contributed by atoms with Crippen molar-refractivity contribution in [2.24, 2.45) is 0 Å². The summed E-state index contributed by atoms with van der Waals surface area (Å²) in [5, 5.41) is 2.73. The Morgan fingerprint density at radius 2 is 1.93 bits per heavy atom. The van der Waals surface area contributed by atoms with E-state index < -0.39 is 0 Å². The molecule has 0 saturated carbocycles. The van der Waals surface area contributed by atoms with Gasteiger partial charge in [0, 0.05) is 50.0 Å². The van der Waals surface area contributed by atoms with Gasteiger partial charge in [0.2, 0.25) is 0 Å². The maximum Gasteiger partial charge on any atom is 0.273 e. The second-order valence-corrected chi connectivity index (χ2v) is 9.01. The number of imidazole rings is 1. The van der Waals surface area contributed by atoms with Crippen LogP contribution < -0.4 is 4.74 Å². The molecule has 5 heterocycles. The third-order valence-electron chi connectivity index (χ3n) is 6.33. The molecule has 0 aromatic carbocycles. The molecule has 0 atom stereocenters. The van der Waals surface area contributed by atoms with Gasteiger partial charge in [-0.05, 0) is 44.7 Å². The zero-order valence-electron chi connectivity index (χ0n) is 17.2. The van der Waals surface area contributed by atoms with Crippen molar-refractivity contribution in [2.45, 2.75) is 44.8 Å². The summed E-state index contributed by atoms with van der Waals surface area (Å²) in [5.74, 6) is 0.0974. The first-order valence-corrected chi connectivity index (χ1v) is 11.6. The first kappa shape index (κ1) is 19.5. The minimum Gasteiger partial charge on any atom is -0.467 e. The van der Waals surface area contributed by atoms with Crippen LogP contribution in [-0.2, 0) is 0 Å². The molecule has 0 radical (unpaired) electrons. The lowest BCUT2D eigenvalue weighted by molar-refractivity contribution is 0.0421. The molecule has 7 nitrogen and oxygen atoms in total. The highest BCUT2D eigenvalue weighted by molar-refractivity contribution is 7.11. The van der Waals surface area contributed by atoms with Gasteiger partial charge in [-0.2, -0.15) is 0 Å². The molecule has 2 aliphatic heterocycles. The van der Waals surface area contributed by atoms with Gasteiger partial charge in [0.15, 0.2) is 0 Å². The smallest absolute Gasteiger partial charge is 0.273 e. The predicted molar refractivity (Wildman–Crippen MR) is 116 cm³/mol. The van der Waals surface area contributed by atoms with Crippen LogP contribution in [0.3, 0.4) is 0 Å². The molecule has 0 bridgehead atoms. The molecular formula is C22H27N5O2S. The van der Waals surface area contributed by atoms with E-state index in [1.807, 2.05) is 46.0 Å². The number of thiazole rings is 1. The normalized spacial score (nSPS) is 19.4. The molecule has 0 N–H and O–H groups in total. The fourth-order valence-electron chi connectivity index (χ4n) is 4.72. The molecule has 2 saturated heterocycles. The number of rotatable bonds is 4. The van der Waals surface area contributed by atoms with E-state index in [2.05, 4.69) is 14.9 Å². The number of fused-ring (bicyclic) bond motifs is 1. The van der Waals surface area contributed by atoms with Gasteiger partial charge in [-0.15, -0.1) is 0 Å². The number of hydrogen-bond acceptors (Lipinski definition) is 6.